The number of nitrogens with zero attached hydrogens (tertiary/aromatic N) is 4. The van der Waals surface area contributed by atoms with Gasteiger partial charge in [-0.15, -0.1) is 0 Å². The highest BCUT2D eigenvalue weighted by molar-refractivity contribution is 7.89. The van der Waals surface area contributed by atoms with E-state index in [1.165, 1.54) is 18.5 Å². The van der Waals surface area contributed by atoms with E-state index in [1.54, 1.807) is 36.7 Å². The molecule has 1 saturated heterocycles. The molecule has 11 heteroatoms. The average molecular weight is 436 g/mol. The predicted molar refractivity (Wildman–Crippen MR) is 111 cm³/mol. The minimum Gasteiger partial charge on any atom is -0.497 e. The zero-order valence-corrected chi connectivity index (χ0v) is 17.8. The number of rotatable bonds is 8. The van der Waals surface area contributed by atoms with E-state index in [4.69, 9.17) is 9.47 Å². The van der Waals surface area contributed by atoms with Gasteiger partial charge in [0, 0.05) is 51.2 Å². The molecule has 3 rings (SSSR count). The first-order valence-electron chi connectivity index (χ1n) is 9.44. The molecule has 10 nitrogen and oxygen atoms in total. The van der Waals surface area contributed by atoms with Crippen molar-refractivity contribution in [2.75, 3.05) is 57.6 Å². The van der Waals surface area contributed by atoms with Gasteiger partial charge in [0.2, 0.25) is 16.0 Å². The first kappa shape index (κ1) is 21.8. The standard InChI is InChI=1S/C19H25N5O5S/c1-28-15-4-5-16(17(14-15)29-2)18(25)20-8-13-30(26,27)24-11-9-23(10-12-24)19-21-6-3-7-22-19/h3-7,14H,8-13H2,1-2H3,(H,20,25). The summed E-state index contributed by atoms with van der Waals surface area (Å²) in [5.41, 5.74) is 0.312. The number of ether oxygens (including phenoxy) is 2. The molecule has 30 heavy (non-hydrogen) atoms. The number of carbonyl (C=O) groups excluding carboxylic acids is 1. The molecule has 0 saturated carbocycles. The number of hydrogen-bond acceptors (Lipinski definition) is 8. The number of benzene rings is 1. The Balaban J connectivity index is 1.51. The third-order valence-electron chi connectivity index (χ3n) is 4.77. The molecule has 0 atom stereocenters. The molecule has 0 spiro atoms. The van der Waals surface area contributed by atoms with Gasteiger partial charge in [-0.3, -0.25) is 4.79 Å². The van der Waals surface area contributed by atoms with Gasteiger partial charge in [0.05, 0.1) is 25.5 Å². The summed E-state index contributed by atoms with van der Waals surface area (Å²) in [6.45, 7) is 1.72. The lowest BCUT2D eigenvalue weighted by atomic mass is 10.2. The number of sulfonamides is 1. The van der Waals surface area contributed by atoms with E-state index in [-0.39, 0.29) is 12.3 Å². The van der Waals surface area contributed by atoms with Crippen LogP contribution in [0.2, 0.25) is 0 Å². The number of methoxy groups -OCH3 is 2. The molecule has 0 radical (unpaired) electrons. The Morgan fingerprint density at radius 2 is 1.80 bits per heavy atom. The maximum Gasteiger partial charge on any atom is 0.255 e. The SMILES string of the molecule is COc1ccc(C(=O)NCCS(=O)(=O)N2CCN(c3ncccn3)CC2)c(OC)c1. The minimum atomic E-state index is -3.49. The molecule has 2 aromatic rings. The fraction of sp³-hybridized carbons (Fsp3) is 0.421. The zero-order chi connectivity index (χ0) is 21.6. The summed E-state index contributed by atoms with van der Waals surface area (Å²) >= 11 is 0. The molecule has 0 bridgehead atoms. The summed E-state index contributed by atoms with van der Waals surface area (Å²) in [6, 6.07) is 6.55. The molecule has 1 amide bonds. The second-order valence-electron chi connectivity index (χ2n) is 6.57. The quantitative estimate of drug-likeness (QED) is 0.633. The van der Waals surface area contributed by atoms with Gasteiger partial charge in [-0.25, -0.2) is 18.4 Å². The van der Waals surface area contributed by atoms with Crippen LogP contribution in [-0.4, -0.2) is 81.3 Å². The lowest BCUT2D eigenvalue weighted by molar-refractivity contribution is 0.0953. The molecule has 162 valence electrons. The van der Waals surface area contributed by atoms with Gasteiger partial charge in [0.15, 0.2) is 0 Å². The van der Waals surface area contributed by atoms with Crippen molar-refractivity contribution >= 4 is 21.9 Å². The van der Waals surface area contributed by atoms with Crippen molar-refractivity contribution in [2.45, 2.75) is 0 Å². The van der Waals surface area contributed by atoms with Crippen LogP contribution in [0.3, 0.4) is 0 Å². The van der Waals surface area contributed by atoms with Gasteiger partial charge in [-0.05, 0) is 18.2 Å². The summed E-state index contributed by atoms with van der Waals surface area (Å²) in [5, 5.41) is 2.64. The van der Waals surface area contributed by atoms with Gasteiger partial charge in [-0.1, -0.05) is 0 Å². The molecule has 1 N–H and O–H groups in total. The second-order valence-corrected chi connectivity index (χ2v) is 8.66. The number of nitrogens with one attached hydrogen (secondary N) is 1. The monoisotopic (exact) mass is 435 g/mol. The first-order valence-corrected chi connectivity index (χ1v) is 11.1. The van der Waals surface area contributed by atoms with Crippen molar-refractivity contribution < 1.29 is 22.7 Å². The van der Waals surface area contributed by atoms with Crippen LogP contribution < -0.4 is 19.7 Å². The smallest absolute Gasteiger partial charge is 0.255 e. The van der Waals surface area contributed by atoms with Crippen LogP contribution >= 0.6 is 0 Å². The van der Waals surface area contributed by atoms with E-state index in [0.29, 0.717) is 49.2 Å². The summed E-state index contributed by atoms with van der Waals surface area (Å²) in [5.74, 6) is 0.921. The van der Waals surface area contributed by atoms with Crippen LogP contribution in [0.25, 0.3) is 0 Å². The molecule has 1 aromatic heterocycles. The molecule has 0 unspecified atom stereocenters. The average Bonchev–Trinajstić information content (AvgIpc) is 2.79. The van der Waals surface area contributed by atoms with Crippen LogP contribution in [-0.2, 0) is 10.0 Å². The van der Waals surface area contributed by atoms with Crippen molar-refractivity contribution in [2.24, 2.45) is 0 Å². The van der Waals surface area contributed by atoms with Crippen molar-refractivity contribution in [3.05, 3.63) is 42.2 Å². The Hall–Kier alpha value is -2.92. The van der Waals surface area contributed by atoms with Gasteiger partial charge in [0.1, 0.15) is 11.5 Å². The van der Waals surface area contributed by atoms with Crippen molar-refractivity contribution in [3.8, 4) is 11.5 Å². The number of anilines is 1. The topological polar surface area (TPSA) is 114 Å². The highest BCUT2D eigenvalue weighted by Crippen LogP contribution is 2.24. The molecule has 1 aromatic carbocycles. The third-order valence-corrected chi connectivity index (χ3v) is 6.64. The number of amides is 1. The Labute approximate surface area is 175 Å². The summed E-state index contributed by atoms with van der Waals surface area (Å²) in [6.07, 6.45) is 3.32. The van der Waals surface area contributed by atoms with E-state index >= 15 is 0 Å². The second kappa shape index (κ2) is 9.72. The van der Waals surface area contributed by atoms with Crippen LogP contribution in [0.15, 0.2) is 36.7 Å². The fourth-order valence-electron chi connectivity index (χ4n) is 3.12. The fourth-order valence-corrected chi connectivity index (χ4v) is 4.46. The minimum absolute atomic E-state index is 0.00163. The molecule has 2 heterocycles. The highest BCUT2D eigenvalue weighted by atomic mass is 32.2. The van der Waals surface area contributed by atoms with Crippen LogP contribution in [0.1, 0.15) is 10.4 Å². The molecule has 1 aliphatic rings. The zero-order valence-electron chi connectivity index (χ0n) is 16.9. The molecular weight excluding hydrogens is 410 g/mol. The van der Waals surface area contributed by atoms with Gasteiger partial charge < -0.3 is 19.7 Å². The Kier molecular flexibility index (Phi) is 7.06. The number of hydrogen-bond donors (Lipinski definition) is 1. The first-order chi connectivity index (χ1) is 14.4. The van der Waals surface area contributed by atoms with E-state index in [0.717, 1.165) is 0 Å². The van der Waals surface area contributed by atoms with E-state index in [9.17, 15) is 13.2 Å². The van der Waals surface area contributed by atoms with Crippen molar-refractivity contribution in [1.82, 2.24) is 19.6 Å². The summed E-state index contributed by atoms with van der Waals surface area (Å²) < 4.78 is 37.0. The number of piperazine rings is 1. The highest BCUT2D eigenvalue weighted by Gasteiger charge is 2.27. The number of aromatic nitrogens is 2. The normalized spacial score (nSPS) is 14.9. The maximum atomic E-state index is 12.6. The third kappa shape index (κ3) is 5.16. The van der Waals surface area contributed by atoms with Crippen LogP contribution in [0.4, 0.5) is 5.95 Å². The lowest BCUT2D eigenvalue weighted by Gasteiger charge is -2.33. The van der Waals surface area contributed by atoms with Gasteiger partial charge in [-0.2, -0.15) is 4.31 Å². The summed E-state index contributed by atoms with van der Waals surface area (Å²) in [7, 11) is -0.519. The molecule has 1 aliphatic heterocycles. The maximum absolute atomic E-state index is 12.6. The molecular formula is C19H25N5O5S. The largest absolute Gasteiger partial charge is 0.497 e. The van der Waals surface area contributed by atoms with E-state index in [2.05, 4.69) is 15.3 Å². The molecule has 1 fully saturated rings. The van der Waals surface area contributed by atoms with Gasteiger partial charge in [0.25, 0.3) is 5.91 Å². The molecule has 0 aliphatic carbocycles. The van der Waals surface area contributed by atoms with Crippen LogP contribution in [0.5, 0.6) is 11.5 Å². The predicted octanol–water partition coefficient (Wildman–Crippen LogP) is 0.376. The number of carbonyl (C=O) groups is 1. The Bertz CT molecular complexity index is 963. The van der Waals surface area contributed by atoms with Crippen molar-refractivity contribution in [1.29, 1.82) is 0 Å². The lowest BCUT2D eigenvalue weighted by Crippen LogP contribution is -2.50. The Morgan fingerprint density at radius 3 is 2.43 bits per heavy atom. The summed E-state index contributed by atoms with van der Waals surface area (Å²) in [4.78, 5) is 22.8. The van der Waals surface area contributed by atoms with Crippen LogP contribution in [0, 0.1) is 0 Å². The van der Waals surface area contributed by atoms with Gasteiger partial charge >= 0.3 is 0 Å². The van der Waals surface area contributed by atoms with E-state index < -0.39 is 15.9 Å². The van der Waals surface area contributed by atoms with E-state index in [1.807, 2.05) is 4.90 Å². The Morgan fingerprint density at radius 1 is 1.10 bits per heavy atom. The van der Waals surface area contributed by atoms with Crippen molar-refractivity contribution in [3.63, 3.8) is 0 Å².